The van der Waals surface area contributed by atoms with Crippen LogP contribution >= 0.6 is 22.9 Å². The Labute approximate surface area is 91.7 Å². The van der Waals surface area contributed by atoms with Gasteiger partial charge in [0, 0.05) is 24.7 Å². The molecule has 2 rings (SSSR count). The number of hydrogen-bond acceptors (Lipinski definition) is 3. The quantitative estimate of drug-likeness (QED) is 0.729. The van der Waals surface area contributed by atoms with Gasteiger partial charge in [0.15, 0.2) is 5.38 Å². The molecule has 14 heavy (non-hydrogen) atoms. The van der Waals surface area contributed by atoms with Crippen LogP contribution in [0.5, 0.6) is 0 Å². The van der Waals surface area contributed by atoms with Gasteiger partial charge in [-0.1, -0.05) is 0 Å². The van der Waals surface area contributed by atoms with E-state index in [-0.39, 0.29) is 5.91 Å². The highest BCUT2D eigenvalue weighted by molar-refractivity contribution is 7.10. The molecule has 1 amide bonds. The second-order valence-corrected chi connectivity index (χ2v) is 4.63. The van der Waals surface area contributed by atoms with Crippen LogP contribution in [0.1, 0.15) is 23.2 Å². The molecule has 0 saturated carbocycles. The molecule has 1 aromatic rings. The Balaban J connectivity index is 2.04. The fourth-order valence-electron chi connectivity index (χ4n) is 1.56. The molecule has 1 aliphatic heterocycles. The Kier molecular flexibility index (Phi) is 3.03. The van der Waals surface area contributed by atoms with Gasteiger partial charge < -0.3 is 4.90 Å². The van der Waals surface area contributed by atoms with Crippen LogP contribution in [-0.4, -0.2) is 28.9 Å². The number of thiazole rings is 1. The second kappa shape index (κ2) is 4.28. The van der Waals surface area contributed by atoms with Crippen molar-refractivity contribution in [2.24, 2.45) is 0 Å². The number of halogens is 1. The molecular weight excluding hydrogens is 220 g/mol. The molecule has 1 unspecified atom stereocenters. The molecule has 0 radical (unpaired) electrons. The summed E-state index contributed by atoms with van der Waals surface area (Å²) < 4.78 is 0. The first-order chi connectivity index (χ1) is 6.79. The highest BCUT2D eigenvalue weighted by Crippen LogP contribution is 2.26. The van der Waals surface area contributed by atoms with Crippen molar-refractivity contribution in [2.75, 3.05) is 13.1 Å². The number of rotatable bonds is 2. The first kappa shape index (κ1) is 9.93. The van der Waals surface area contributed by atoms with Crippen molar-refractivity contribution in [3.63, 3.8) is 0 Å². The van der Waals surface area contributed by atoms with Gasteiger partial charge in [0.05, 0.1) is 0 Å². The van der Waals surface area contributed by atoms with E-state index in [0.717, 1.165) is 25.9 Å². The molecule has 2 heterocycles. The van der Waals surface area contributed by atoms with Gasteiger partial charge in [0.25, 0.3) is 0 Å². The van der Waals surface area contributed by atoms with E-state index in [1.54, 1.807) is 6.20 Å². The fourth-order valence-corrected chi connectivity index (χ4v) is 2.51. The molecule has 0 aliphatic carbocycles. The van der Waals surface area contributed by atoms with E-state index in [2.05, 4.69) is 4.98 Å². The SMILES string of the molecule is O=C(C(Cl)c1nccs1)N1CCCC1. The van der Waals surface area contributed by atoms with Crippen LogP contribution in [-0.2, 0) is 4.79 Å². The normalized spacial score (nSPS) is 18.5. The number of carbonyl (C=O) groups excluding carboxylic acids is 1. The molecular formula is C9H11ClN2OS. The Morgan fingerprint density at radius 2 is 2.29 bits per heavy atom. The van der Waals surface area contributed by atoms with Crippen molar-refractivity contribution in [1.29, 1.82) is 0 Å². The number of nitrogens with zero attached hydrogens (tertiary/aromatic N) is 2. The maximum Gasteiger partial charge on any atom is 0.247 e. The predicted octanol–water partition coefficient (Wildman–Crippen LogP) is 2.05. The van der Waals surface area contributed by atoms with Gasteiger partial charge in [-0.25, -0.2) is 4.98 Å². The van der Waals surface area contributed by atoms with Gasteiger partial charge in [-0.2, -0.15) is 0 Å². The Hall–Kier alpha value is -0.610. The maximum absolute atomic E-state index is 11.8. The third-order valence-corrected chi connectivity index (χ3v) is 3.67. The molecule has 0 bridgehead atoms. The van der Waals surface area contributed by atoms with Crippen molar-refractivity contribution < 1.29 is 4.79 Å². The summed E-state index contributed by atoms with van der Waals surface area (Å²) in [5, 5.41) is 1.94. The van der Waals surface area contributed by atoms with E-state index in [4.69, 9.17) is 11.6 Å². The lowest BCUT2D eigenvalue weighted by Crippen LogP contribution is -2.30. The van der Waals surface area contributed by atoms with Gasteiger partial charge in [-0.05, 0) is 12.8 Å². The zero-order chi connectivity index (χ0) is 9.97. The van der Waals surface area contributed by atoms with Crippen LogP contribution in [0.3, 0.4) is 0 Å². The summed E-state index contributed by atoms with van der Waals surface area (Å²) in [6, 6.07) is 0. The van der Waals surface area contributed by atoms with Gasteiger partial charge in [-0.3, -0.25) is 4.79 Å². The fraction of sp³-hybridized carbons (Fsp3) is 0.556. The molecule has 0 aromatic carbocycles. The smallest absolute Gasteiger partial charge is 0.247 e. The summed E-state index contributed by atoms with van der Waals surface area (Å²) in [4.78, 5) is 17.7. The topological polar surface area (TPSA) is 33.2 Å². The van der Waals surface area contributed by atoms with Crippen molar-refractivity contribution in [1.82, 2.24) is 9.88 Å². The standard InChI is InChI=1S/C9H11ClN2OS/c10-7(8-11-3-6-14-8)9(13)12-4-1-2-5-12/h3,6-7H,1-2,4-5H2. The lowest BCUT2D eigenvalue weighted by molar-refractivity contribution is -0.129. The number of aromatic nitrogens is 1. The molecule has 3 nitrogen and oxygen atoms in total. The van der Waals surface area contributed by atoms with E-state index < -0.39 is 5.38 Å². The predicted molar refractivity (Wildman–Crippen MR) is 56.5 cm³/mol. The average molecular weight is 231 g/mol. The van der Waals surface area contributed by atoms with Gasteiger partial charge in [-0.15, -0.1) is 22.9 Å². The molecule has 1 saturated heterocycles. The minimum Gasteiger partial charge on any atom is -0.341 e. The second-order valence-electron chi connectivity index (χ2n) is 3.27. The summed E-state index contributed by atoms with van der Waals surface area (Å²) in [6.07, 6.45) is 3.85. The third-order valence-electron chi connectivity index (χ3n) is 2.30. The van der Waals surface area contributed by atoms with Gasteiger partial charge in [0.1, 0.15) is 5.01 Å². The molecule has 0 N–H and O–H groups in total. The summed E-state index contributed by atoms with van der Waals surface area (Å²) >= 11 is 7.46. The molecule has 5 heteroatoms. The van der Waals surface area contributed by atoms with Crippen LogP contribution in [0.2, 0.25) is 0 Å². The Bertz CT molecular complexity index is 309. The molecule has 76 valence electrons. The Morgan fingerprint density at radius 1 is 1.57 bits per heavy atom. The van der Waals surface area contributed by atoms with Crippen LogP contribution in [0, 0.1) is 0 Å². The molecule has 1 atom stereocenters. The summed E-state index contributed by atoms with van der Waals surface area (Å²) in [5.74, 6) is -0.000818. The van der Waals surface area contributed by atoms with Gasteiger partial charge in [0.2, 0.25) is 5.91 Å². The van der Waals surface area contributed by atoms with E-state index in [0.29, 0.717) is 5.01 Å². The van der Waals surface area contributed by atoms with Gasteiger partial charge >= 0.3 is 0 Å². The van der Waals surface area contributed by atoms with E-state index >= 15 is 0 Å². The van der Waals surface area contributed by atoms with Crippen molar-refractivity contribution >= 4 is 28.8 Å². The maximum atomic E-state index is 11.8. The molecule has 0 spiro atoms. The lowest BCUT2D eigenvalue weighted by atomic mass is 10.4. The van der Waals surface area contributed by atoms with Crippen molar-refractivity contribution in [3.05, 3.63) is 16.6 Å². The minimum atomic E-state index is -0.590. The Morgan fingerprint density at radius 3 is 2.86 bits per heavy atom. The zero-order valence-corrected chi connectivity index (χ0v) is 9.22. The number of hydrogen-bond donors (Lipinski definition) is 0. The summed E-state index contributed by atoms with van der Waals surface area (Å²) in [7, 11) is 0. The number of carbonyl (C=O) groups is 1. The van der Waals surface area contributed by atoms with Crippen LogP contribution in [0.15, 0.2) is 11.6 Å². The largest absolute Gasteiger partial charge is 0.341 e. The monoisotopic (exact) mass is 230 g/mol. The molecule has 1 fully saturated rings. The molecule has 1 aliphatic rings. The van der Waals surface area contributed by atoms with Crippen LogP contribution in [0.25, 0.3) is 0 Å². The van der Waals surface area contributed by atoms with Crippen LogP contribution in [0.4, 0.5) is 0 Å². The first-order valence-electron chi connectivity index (χ1n) is 4.61. The lowest BCUT2D eigenvalue weighted by Gasteiger charge is -2.17. The molecule has 1 aromatic heterocycles. The summed E-state index contributed by atoms with van der Waals surface area (Å²) in [6.45, 7) is 1.68. The zero-order valence-electron chi connectivity index (χ0n) is 7.65. The average Bonchev–Trinajstić information content (AvgIpc) is 2.87. The van der Waals surface area contributed by atoms with E-state index in [1.165, 1.54) is 11.3 Å². The first-order valence-corrected chi connectivity index (χ1v) is 5.93. The highest BCUT2D eigenvalue weighted by atomic mass is 35.5. The van der Waals surface area contributed by atoms with E-state index in [9.17, 15) is 4.79 Å². The number of amides is 1. The summed E-state index contributed by atoms with van der Waals surface area (Å²) in [5.41, 5.74) is 0. The minimum absolute atomic E-state index is 0.000818. The van der Waals surface area contributed by atoms with Crippen molar-refractivity contribution in [2.45, 2.75) is 18.2 Å². The van der Waals surface area contributed by atoms with Crippen molar-refractivity contribution in [3.8, 4) is 0 Å². The third kappa shape index (κ3) is 1.91. The van der Waals surface area contributed by atoms with Crippen LogP contribution < -0.4 is 0 Å². The number of likely N-dealkylation sites (tertiary alicyclic amines) is 1. The number of alkyl halides is 1. The highest BCUT2D eigenvalue weighted by Gasteiger charge is 2.27. The van der Waals surface area contributed by atoms with E-state index in [1.807, 2.05) is 10.3 Å².